The summed E-state index contributed by atoms with van der Waals surface area (Å²) in [5.74, 6) is 0.240. The molecule has 0 spiro atoms. The Morgan fingerprint density at radius 2 is 0.896 bits per heavy atom. The van der Waals surface area contributed by atoms with Crippen molar-refractivity contribution < 1.29 is 4.79 Å². The first kappa shape index (κ1) is 44.4. The molecule has 0 unspecified atom stereocenters. The first-order valence-corrected chi connectivity index (χ1v) is 21.0. The molecule has 1 heterocycles. The van der Waals surface area contributed by atoms with Gasteiger partial charge in [0, 0.05) is 32.2 Å². The van der Waals surface area contributed by atoms with Crippen molar-refractivity contribution in [2.45, 2.75) is 187 Å². The molecule has 0 aromatic heterocycles. The van der Waals surface area contributed by atoms with Crippen LogP contribution in [-0.2, 0) is 4.79 Å². The zero-order valence-corrected chi connectivity index (χ0v) is 32.4. The Hall–Kier alpha value is -1.65. The van der Waals surface area contributed by atoms with E-state index in [1.165, 1.54) is 141 Å². The molecule has 0 atom stereocenters. The SMILES string of the molecule is CCCCCC=CCC=CCCCCCCCCC(CCCCCCCCC=CCC=CCCCCC)NC(=O)CN1CCN(C)CC1. The summed E-state index contributed by atoms with van der Waals surface area (Å²) in [5.41, 5.74) is 0. The van der Waals surface area contributed by atoms with Gasteiger partial charge >= 0.3 is 0 Å². The first-order chi connectivity index (χ1) is 23.7. The Balaban J connectivity index is 2.18. The molecule has 1 aliphatic heterocycles. The molecule has 4 heteroatoms. The van der Waals surface area contributed by atoms with E-state index >= 15 is 0 Å². The number of allylic oxidation sites excluding steroid dienone is 8. The maximum Gasteiger partial charge on any atom is 0.234 e. The molecule has 1 rings (SSSR count). The Kier molecular flexibility index (Phi) is 32.5. The number of carbonyl (C=O) groups excluding carboxylic acids is 1. The van der Waals surface area contributed by atoms with E-state index in [0.29, 0.717) is 12.6 Å². The normalized spacial score (nSPS) is 15.6. The molecule has 1 saturated heterocycles. The molecule has 1 N–H and O–H groups in total. The van der Waals surface area contributed by atoms with Crippen LogP contribution in [0.4, 0.5) is 0 Å². The number of unbranched alkanes of at least 4 members (excludes halogenated alkanes) is 18. The molecular weight excluding hydrogens is 587 g/mol. The number of amides is 1. The van der Waals surface area contributed by atoms with Crippen molar-refractivity contribution in [1.82, 2.24) is 15.1 Å². The molecule has 0 aliphatic carbocycles. The van der Waals surface area contributed by atoms with E-state index in [9.17, 15) is 4.79 Å². The molecule has 0 aromatic rings. The average molecular weight is 668 g/mol. The molecule has 0 saturated carbocycles. The fraction of sp³-hybridized carbons (Fsp3) is 0.795. The van der Waals surface area contributed by atoms with Crippen LogP contribution in [0.25, 0.3) is 0 Å². The van der Waals surface area contributed by atoms with Gasteiger partial charge in [0.15, 0.2) is 0 Å². The van der Waals surface area contributed by atoms with Crippen molar-refractivity contribution in [3.05, 3.63) is 48.6 Å². The summed E-state index contributed by atoms with van der Waals surface area (Å²) in [5, 5.41) is 3.46. The van der Waals surface area contributed by atoms with Crippen LogP contribution in [0, 0.1) is 0 Å². The van der Waals surface area contributed by atoms with Gasteiger partial charge < -0.3 is 10.2 Å². The van der Waals surface area contributed by atoms with Gasteiger partial charge in [-0.15, -0.1) is 0 Å². The lowest BCUT2D eigenvalue weighted by Crippen LogP contribution is -2.49. The maximum atomic E-state index is 13.0. The second-order valence-electron chi connectivity index (χ2n) is 14.6. The van der Waals surface area contributed by atoms with Crippen molar-refractivity contribution in [1.29, 1.82) is 0 Å². The second-order valence-corrected chi connectivity index (χ2v) is 14.6. The van der Waals surface area contributed by atoms with Crippen molar-refractivity contribution >= 4 is 5.91 Å². The predicted octanol–water partition coefficient (Wildman–Crippen LogP) is 12.1. The molecule has 1 fully saturated rings. The van der Waals surface area contributed by atoms with E-state index in [1.807, 2.05) is 0 Å². The molecule has 0 bridgehead atoms. The van der Waals surface area contributed by atoms with Crippen LogP contribution in [0.5, 0.6) is 0 Å². The molecule has 1 amide bonds. The average Bonchev–Trinajstić information content (AvgIpc) is 3.08. The van der Waals surface area contributed by atoms with Crippen LogP contribution in [0.1, 0.15) is 181 Å². The number of rotatable bonds is 33. The molecule has 4 nitrogen and oxygen atoms in total. The Morgan fingerprint density at radius 3 is 1.31 bits per heavy atom. The lowest BCUT2D eigenvalue weighted by Gasteiger charge is -2.32. The van der Waals surface area contributed by atoms with Gasteiger partial charge in [0.1, 0.15) is 0 Å². The third-order valence-electron chi connectivity index (χ3n) is 9.83. The summed E-state index contributed by atoms with van der Waals surface area (Å²) in [4.78, 5) is 17.6. The molecule has 0 radical (unpaired) electrons. The standard InChI is InChI=1S/C44H81N3O/c1-4-6-8-10-12-14-16-18-20-22-24-26-28-30-32-34-36-43(45-44(48)42-47-40-38-46(3)39-41-47)37-35-33-31-29-27-25-23-21-19-17-15-13-11-9-7-5-2/h12-15,18-21,43H,4-11,16-17,22-42H2,1-3H3,(H,45,48). The Labute approximate surface area is 300 Å². The van der Waals surface area contributed by atoms with E-state index < -0.39 is 0 Å². The summed E-state index contributed by atoms with van der Waals surface area (Å²) in [6.07, 6.45) is 51.9. The molecule has 1 aliphatic rings. The monoisotopic (exact) mass is 668 g/mol. The largest absolute Gasteiger partial charge is 0.352 e. The van der Waals surface area contributed by atoms with Crippen molar-refractivity contribution in [2.24, 2.45) is 0 Å². The maximum absolute atomic E-state index is 13.0. The highest BCUT2D eigenvalue weighted by molar-refractivity contribution is 5.78. The van der Waals surface area contributed by atoms with Crippen LogP contribution < -0.4 is 5.32 Å². The quantitative estimate of drug-likeness (QED) is 0.0559. The number of nitrogens with zero attached hydrogens (tertiary/aromatic N) is 2. The van der Waals surface area contributed by atoms with Gasteiger partial charge in [0.25, 0.3) is 0 Å². The van der Waals surface area contributed by atoms with E-state index in [0.717, 1.165) is 51.9 Å². The molecular formula is C44H81N3O. The van der Waals surface area contributed by atoms with Gasteiger partial charge in [0.2, 0.25) is 5.91 Å². The van der Waals surface area contributed by atoms with Crippen LogP contribution in [0.15, 0.2) is 48.6 Å². The van der Waals surface area contributed by atoms with Crippen LogP contribution >= 0.6 is 0 Å². The smallest absolute Gasteiger partial charge is 0.234 e. The van der Waals surface area contributed by atoms with Gasteiger partial charge in [-0.25, -0.2) is 0 Å². The Bertz CT molecular complexity index is 760. The van der Waals surface area contributed by atoms with E-state index in [2.05, 4.69) is 84.6 Å². The van der Waals surface area contributed by atoms with Crippen molar-refractivity contribution in [3.8, 4) is 0 Å². The van der Waals surface area contributed by atoms with Gasteiger partial charge in [-0.3, -0.25) is 9.69 Å². The fourth-order valence-corrected chi connectivity index (χ4v) is 6.53. The highest BCUT2D eigenvalue weighted by Crippen LogP contribution is 2.16. The van der Waals surface area contributed by atoms with E-state index in [4.69, 9.17) is 0 Å². The summed E-state index contributed by atoms with van der Waals surface area (Å²) >= 11 is 0. The van der Waals surface area contributed by atoms with Gasteiger partial charge in [-0.1, -0.05) is 152 Å². The number of likely N-dealkylation sites (N-methyl/N-ethyl adjacent to an activating group) is 1. The minimum absolute atomic E-state index is 0.240. The van der Waals surface area contributed by atoms with E-state index in [1.54, 1.807) is 0 Å². The summed E-state index contributed by atoms with van der Waals surface area (Å²) in [7, 11) is 2.17. The minimum Gasteiger partial charge on any atom is -0.352 e. The Morgan fingerprint density at radius 1 is 0.521 bits per heavy atom. The third kappa shape index (κ3) is 30.4. The molecule has 0 aromatic carbocycles. The zero-order chi connectivity index (χ0) is 34.6. The fourth-order valence-electron chi connectivity index (χ4n) is 6.53. The number of nitrogens with one attached hydrogen (secondary N) is 1. The van der Waals surface area contributed by atoms with Gasteiger partial charge in [-0.2, -0.15) is 0 Å². The van der Waals surface area contributed by atoms with Crippen LogP contribution in [-0.4, -0.2) is 61.5 Å². The summed E-state index contributed by atoms with van der Waals surface area (Å²) < 4.78 is 0. The lowest BCUT2D eigenvalue weighted by molar-refractivity contribution is -0.123. The molecule has 48 heavy (non-hydrogen) atoms. The van der Waals surface area contributed by atoms with Gasteiger partial charge in [-0.05, 0) is 84.1 Å². The summed E-state index contributed by atoms with van der Waals surface area (Å²) in [6.45, 7) is 9.24. The van der Waals surface area contributed by atoms with Crippen LogP contribution in [0.2, 0.25) is 0 Å². The number of carbonyl (C=O) groups is 1. The first-order valence-electron chi connectivity index (χ1n) is 21.0. The number of piperazine rings is 1. The van der Waals surface area contributed by atoms with Crippen LogP contribution in [0.3, 0.4) is 0 Å². The van der Waals surface area contributed by atoms with E-state index in [-0.39, 0.29) is 5.91 Å². The topological polar surface area (TPSA) is 35.6 Å². The van der Waals surface area contributed by atoms with Crippen molar-refractivity contribution in [3.63, 3.8) is 0 Å². The minimum atomic E-state index is 0.240. The zero-order valence-electron chi connectivity index (χ0n) is 32.4. The third-order valence-corrected chi connectivity index (χ3v) is 9.83. The number of hydrogen-bond donors (Lipinski definition) is 1. The van der Waals surface area contributed by atoms with Gasteiger partial charge in [0.05, 0.1) is 6.54 Å². The highest BCUT2D eigenvalue weighted by Gasteiger charge is 2.18. The predicted molar refractivity (Wildman–Crippen MR) is 214 cm³/mol. The van der Waals surface area contributed by atoms with Crippen molar-refractivity contribution in [2.75, 3.05) is 39.8 Å². The number of hydrogen-bond acceptors (Lipinski definition) is 3. The summed E-state index contributed by atoms with van der Waals surface area (Å²) in [6, 6.07) is 0.349. The lowest BCUT2D eigenvalue weighted by atomic mass is 9.99. The molecule has 278 valence electrons. The highest BCUT2D eigenvalue weighted by atomic mass is 16.2. The second kappa shape index (κ2) is 35.2.